The summed E-state index contributed by atoms with van der Waals surface area (Å²) in [6.07, 6.45) is 6.79. The lowest BCUT2D eigenvalue weighted by Gasteiger charge is -2.28. The highest BCUT2D eigenvalue weighted by atomic mass is 32.2. The largest absolute Gasteiger partial charge is 0.130 e. The molecule has 1 atom stereocenters. The van der Waals surface area contributed by atoms with E-state index in [1.165, 1.54) is 46.8 Å². The lowest BCUT2D eigenvalue weighted by atomic mass is 9.94. The first-order chi connectivity index (χ1) is 13.4. The van der Waals surface area contributed by atoms with Gasteiger partial charge in [-0.1, -0.05) is 38.0 Å². The maximum Gasteiger partial charge on any atom is 0.0311 e. The molecule has 28 heavy (non-hydrogen) atoms. The molecule has 0 spiro atoms. The molecule has 0 aromatic heterocycles. The minimum atomic E-state index is -0.336. The predicted octanol–water partition coefficient (Wildman–Crippen LogP) is 7.20. The summed E-state index contributed by atoms with van der Waals surface area (Å²) in [4.78, 5) is 2.69. The fraction of sp³-hybridized carbons (Fsp3) is 0.375. The van der Waals surface area contributed by atoms with Crippen LogP contribution in [-0.2, 0) is 0 Å². The number of benzene rings is 2. The maximum absolute atomic E-state index is 2.46. The van der Waals surface area contributed by atoms with Crippen molar-refractivity contribution in [2.75, 3.05) is 18.7 Å². The summed E-state index contributed by atoms with van der Waals surface area (Å²) in [6.45, 7) is 9.41. The van der Waals surface area contributed by atoms with Gasteiger partial charge in [0.2, 0.25) is 0 Å². The summed E-state index contributed by atoms with van der Waals surface area (Å²) < 4.78 is 0. The lowest BCUT2D eigenvalue weighted by molar-refractivity contribution is 0.715. The quantitative estimate of drug-likeness (QED) is 0.327. The first-order valence-electron chi connectivity index (χ1n) is 9.68. The van der Waals surface area contributed by atoms with Gasteiger partial charge in [0.15, 0.2) is 0 Å². The molecule has 0 N–H and O–H groups in total. The fourth-order valence-corrected chi connectivity index (χ4v) is 8.85. The van der Waals surface area contributed by atoms with Crippen molar-refractivity contribution in [3.05, 3.63) is 59.7 Å². The van der Waals surface area contributed by atoms with Gasteiger partial charge in [0.25, 0.3) is 0 Å². The molecule has 1 aliphatic heterocycles. The molecule has 148 valence electrons. The zero-order chi connectivity index (χ0) is 20.3. The Bertz CT molecular complexity index is 834. The second-order valence-electron chi connectivity index (χ2n) is 7.52. The van der Waals surface area contributed by atoms with Crippen LogP contribution in [0.15, 0.2) is 69.5 Å². The zero-order valence-electron chi connectivity index (χ0n) is 17.7. The molecule has 0 nitrogen and oxygen atoms in total. The molecule has 1 heterocycles. The second-order valence-corrected chi connectivity index (χ2v) is 13.5. The van der Waals surface area contributed by atoms with Crippen molar-refractivity contribution in [1.29, 1.82) is 0 Å². The van der Waals surface area contributed by atoms with Gasteiger partial charge in [0, 0.05) is 14.9 Å². The van der Waals surface area contributed by atoms with E-state index in [-0.39, 0.29) is 7.92 Å². The number of rotatable bonds is 7. The molecule has 0 radical (unpaired) electrons. The molecule has 3 rings (SSSR count). The van der Waals surface area contributed by atoms with Gasteiger partial charge in [0.1, 0.15) is 0 Å². The Morgan fingerprint density at radius 3 is 1.64 bits per heavy atom. The first kappa shape index (κ1) is 22.2. The van der Waals surface area contributed by atoms with Gasteiger partial charge >= 0.3 is 0 Å². The average molecular weight is 445 g/mol. The third-order valence-electron chi connectivity index (χ3n) is 5.92. The Labute approximate surface area is 182 Å². The van der Waals surface area contributed by atoms with Crippen molar-refractivity contribution in [2.24, 2.45) is 0 Å². The normalized spacial score (nSPS) is 20.0. The summed E-state index contributed by atoms with van der Waals surface area (Å²) in [6, 6.07) is 18.6. The number of hydrogen-bond donors (Lipinski definition) is 0. The summed E-state index contributed by atoms with van der Waals surface area (Å²) in [5.74, 6) is 0. The average Bonchev–Trinajstić information content (AvgIpc) is 2.92. The molecule has 0 bridgehead atoms. The highest BCUT2D eigenvalue weighted by Crippen LogP contribution is 2.47. The second kappa shape index (κ2) is 9.53. The summed E-state index contributed by atoms with van der Waals surface area (Å²) in [5, 5.41) is 4.86. The fourth-order valence-electron chi connectivity index (χ4n) is 3.72. The Balaban J connectivity index is 1.90. The molecule has 1 unspecified atom stereocenters. The summed E-state index contributed by atoms with van der Waals surface area (Å²) in [5.41, 5.74) is 3.12. The molecule has 0 aliphatic carbocycles. The van der Waals surface area contributed by atoms with Crippen LogP contribution in [0.1, 0.15) is 34.1 Å². The van der Waals surface area contributed by atoms with E-state index in [9.17, 15) is 0 Å². The summed E-state index contributed by atoms with van der Waals surface area (Å²) in [7, 11) is 1.17. The van der Waals surface area contributed by atoms with Crippen LogP contribution in [0.4, 0.5) is 0 Å². The molecule has 4 heteroatoms. The van der Waals surface area contributed by atoms with Gasteiger partial charge in [-0.05, 0) is 106 Å². The van der Waals surface area contributed by atoms with E-state index >= 15 is 0 Å². The van der Waals surface area contributed by atoms with Crippen molar-refractivity contribution in [2.45, 2.75) is 49.1 Å². The van der Waals surface area contributed by atoms with E-state index in [2.05, 4.69) is 88.7 Å². The monoisotopic (exact) mass is 444 g/mol. The van der Waals surface area contributed by atoms with E-state index in [4.69, 9.17) is 0 Å². The molecule has 0 amide bonds. The molecule has 1 aliphatic rings. The number of hydrogen-bond acceptors (Lipinski definition) is 2. The van der Waals surface area contributed by atoms with Gasteiger partial charge in [-0.15, -0.1) is 23.5 Å². The smallest absolute Gasteiger partial charge is 0.0311 e. The van der Waals surface area contributed by atoms with Crippen molar-refractivity contribution in [1.82, 2.24) is 0 Å². The van der Waals surface area contributed by atoms with Crippen LogP contribution in [0.3, 0.4) is 0 Å². The highest BCUT2D eigenvalue weighted by Gasteiger charge is 2.32. The van der Waals surface area contributed by atoms with Crippen LogP contribution in [0, 0.1) is 0 Å². The number of thioether (sulfide) groups is 2. The van der Waals surface area contributed by atoms with E-state index in [0.717, 1.165) is 0 Å². The Hall–Kier alpha value is -0.520. The van der Waals surface area contributed by atoms with Crippen LogP contribution >= 0.6 is 39.6 Å². The van der Waals surface area contributed by atoms with E-state index in [1.807, 2.05) is 23.5 Å². The standard InChI is InChI=1S/C24H30P2S2/c1-17-18(2)24(4,25-19(17)3)15-16-26(20-7-11-22(27-5)12-8-20)21-9-13-23(28-6)14-10-21/h7-14H,15-16H2,1-6H3. The Morgan fingerprint density at radius 1 is 0.821 bits per heavy atom. The third kappa shape index (κ3) is 4.79. The van der Waals surface area contributed by atoms with E-state index < -0.39 is 0 Å². The molecule has 0 saturated heterocycles. The van der Waals surface area contributed by atoms with Crippen LogP contribution < -0.4 is 10.6 Å². The topological polar surface area (TPSA) is 0 Å². The van der Waals surface area contributed by atoms with Crippen molar-refractivity contribution in [3.63, 3.8) is 0 Å². The van der Waals surface area contributed by atoms with E-state index in [0.29, 0.717) is 5.16 Å². The van der Waals surface area contributed by atoms with Gasteiger partial charge < -0.3 is 0 Å². The van der Waals surface area contributed by atoms with Gasteiger partial charge in [-0.25, -0.2) is 0 Å². The van der Waals surface area contributed by atoms with Crippen LogP contribution in [0.2, 0.25) is 0 Å². The molecule has 0 saturated carbocycles. The zero-order valence-corrected chi connectivity index (χ0v) is 21.2. The minimum absolute atomic E-state index is 0.299. The Kier molecular flexibility index (Phi) is 7.54. The van der Waals surface area contributed by atoms with Gasteiger partial charge in [0.05, 0.1) is 0 Å². The van der Waals surface area contributed by atoms with Gasteiger partial charge in [-0.3, -0.25) is 0 Å². The minimum Gasteiger partial charge on any atom is -0.130 e. The third-order valence-corrected chi connectivity index (χ3v) is 11.6. The maximum atomic E-state index is 2.46. The van der Waals surface area contributed by atoms with Crippen LogP contribution in [-0.4, -0.2) is 29.1 Å². The molecule has 2 aromatic carbocycles. The van der Waals surface area contributed by atoms with Crippen LogP contribution in [0.5, 0.6) is 0 Å². The predicted molar refractivity (Wildman–Crippen MR) is 136 cm³/mol. The lowest BCUT2D eigenvalue weighted by Crippen LogP contribution is -2.22. The molecular weight excluding hydrogens is 414 g/mol. The SMILES string of the molecule is CSc1ccc(P(CCC2(C)P=C(C)C(C)=C2C)c2ccc(SC)cc2)cc1. The van der Waals surface area contributed by atoms with Crippen molar-refractivity contribution in [3.8, 4) is 0 Å². The van der Waals surface area contributed by atoms with E-state index in [1.54, 1.807) is 10.9 Å². The van der Waals surface area contributed by atoms with Crippen LogP contribution in [0.25, 0.3) is 0 Å². The first-order valence-corrected chi connectivity index (χ1v) is 14.6. The van der Waals surface area contributed by atoms with Gasteiger partial charge in [-0.2, -0.15) is 0 Å². The molecular formula is C24H30P2S2. The Morgan fingerprint density at radius 2 is 1.29 bits per heavy atom. The molecule has 0 fully saturated rings. The number of allylic oxidation sites excluding steroid dienone is 2. The summed E-state index contributed by atoms with van der Waals surface area (Å²) >= 11 is 3.64. The molecule has 2 aromatic rings. The highest BCUT2D eigenvalue weighted by molar-refractivity contribution is 7.98. The van der Waals surface area contributed by atoms with Crippen molar-refractivity contribution >= 4 is 55.6 Å². The van der Waals surface area contributed by atoms with Crippen molar-refractivity contribution < 1.29 is 0 Å².